The fourth-order valence-corrected chi connectivity index (χ4v) is 4.19. The largest absolute Gasteiger partial charge is 0.466 e. The summed E-state index contributed by atoms with van der Waals surface area (Å²) < 4.78 is 9.72. The summed E-state index contributed by atoms with van der Waals surface area (Å²) in [5.74, 6) is 0.375. The Kier molecular flexibility index (Phi) is 36.0. The topological polar surface area (TPSA) is 105 Å². The summed E-state index contributed by atoms with van der Waals surface area (Å²) in [6, 6.07) is 2.05. The van der Waals surface area contributed by atoms with Crippen LogP contribution in [0.15, 0.2) is 0 Å². The van der Waals surface area contributed by atoms with Crippen LogP contribution in [0.3, 0.4) is 0 Å². The molecule has 7 nitrogen and oxygen atoms in total. The first-order chi connectivity index (χ1) is 18.4. The van der Waals surface area contributed by atoms with Gasteiger partial charge in [-0.3, -0.25) is 14.4 Å². The van der Waals surface area contributed by atoms with Crippen LogP contribution in [0, 0.1) is 28.1 Å². The summed E-state index contributed by atoms with van der Waals surface area (Å²) in [7, 11) is 8.00. The van der Waals surface area contributed by atoms with Gasteiger partial charge in [0.15, 0.2) is 0 Å². The smallest absolute Gasteiger partial charge is 0.313 e. The summed E-state index contributed by atoms with van der Waals surface area (Å²) in [6.45, 7) is 17.5. The Morgan fingerprint density at radius 3 is 1.60 bits per heavy atom. The number of rotatable bonds is 5. The Bertz CT molecular complexity index is 660. The van der Waals surface area contributed by atoms with Gasteiger partial charge in [0.1, 0.15) is 0 Å². The highest BCUT2D eigenvalue weighted by Gasteiger charge is 2.47. The molecule has 0 aromatic carbocycles. The van der Waals surface area contributed by atoms with E-state index in [1.807, 2.05) is 54.5 Å². The Morgan fingerprint density at radius 1 is 0.900 bits per heavy atom. The zero-order chi connectivity index (χ0) is 30.0. The number of nitrogens with zero attached hydrogens (tertiary/aromatic N) is 1. The number of ether oxygens (including phenoxy) is 2. The van der Waals surface area contributed by atoms with E-state index in [1.165, 1.54) is 12.8 Å². The molecular formula is C30H58B3N2O5. The number of hydrogen-bond acceptors (Lipinski definition) is 6. The molecule has 0 aromatic rings. The molecule has 4 rings (SSSR count). The molecule has 4 aliphatic rings. The lowest BCUT2D eigenvalue weighted by atomic mass is 9.67. The van der Waals surface area contributed by atoms with Crippen molar-refractivity contribution in [2.45, 2.75) is 133 Å². The molecule has 1 saturated heterocycles. The van der Waals surface area contributed by atoms with Gasteiger partial charge in [0, 0.05) is 30.4 Å². The number of esters is 2. The minimum atomic E-state index is -0.440. The predicted octanol–water partition coefficient (Wildman–Crippen LogP) is 6.23. The fourth-order valence-electron chi connectivity index (χ4n) is 4.19. The molecule has 3 saturated carbocycles. The van der Waals surface area contributed by atoms with E-state index in [0.717, 1.165) is 57.9 Å². The van der Waals surface area contributed by atoms with Crippen LogP contribution in [0.5, 0.6) is 0 Å². The van der Waals surface area contributed by atoms with E-state index < -0.39 is 5.41 Å². The lowest BCUT2D eigenvalue weighted by Gasteiger charge is -2.36. The Hall–Kier alpha value is -1.91. The zero-order valence-corrected chi connectivity index (χ0v) is 26.2. The van der Waals surface area contributed by atoms with Crippen molar-refractivity contribution in [2.75, 3.05) is 19.8 Å². The average molecular weight is 559 g/mol. The van der Waals surface area contributed by atoms with E-state index in [4.69, 9.17) is 14.7 Å². The second-order valence-electron chi connectivity index (χ2n) is 8.71. The van der Waals surface area contributed by atoms with Crippen molar-refractivity contribution in [1.82, 2.24) is 5.32 Å². The molecule has 227 valence electrons. The van der Waals surface area contributed by atoms with Gasteiger partial charge in [-0.15, -0.1) is 0 Å². The van der Waals surface area contributed by atoms with Gasteiger partial charge in [-0.1, -0.05) is 68.2 Å². The monoisotopic (exact) mass is 559 g/mol. The van der Waals surface area contributed by atoms with Crippen molar-refractivity contribution in [3.8, 4) is 6.07 Å². The summed E-state index contributed by atoms with van der Waals surface area (Å²) in [5, 5.41) is 11.4. The van der Waals surface area contributed by atoms with Gasteiger partial charge in [-0.25, -0.2) is 0 Å². The molecule has 1 amide bonds. The molecule has 40 heavy (non-hydrogen) atoms. The first-order valence-corrected chi connectivity index (χ1v) is 14.8. The second kappa shape index (κ2) is 30.1. The van der Waals surface area contributed by atoms with E-state index >= 15 is 0 Å². The second-order valence-corrected chi connectivity index (χ2v) is 8.71. The molecule has 0 aromatic heterocycles. The maximum atomic E-state index is 11.4. The van der Waals surface area contributed by atoms with Gasteiger partial charge in [0.25, 0.3) is 0 Å². The highest BCUT2D eigenvalue weighted by Crippen LogP contribution is 2.46. The van der Waals surface area contributed by atoms with Crippen LogP contribution < -0.4 is 5.32 Å². The number of carbonyl (C=O) groups excluding carboxylic acids is 3. The minimum Gasteiger partial charge on any atom is -0.466 e. The van der Waals surface area contributed by atoms with Crippen molar-refractivity contribution in [3.05, 3.63) is 0 Å². The van der Waals surface area contributed by atoms with Gasteiger partial charge in [0.05, 0.1) is 42.5 Å². The summed E-state index contributed by atoms with van der Waals surface area (Å²) >= 11 is 0. The van der Waals surface area contributed by atoms with Crippen LogP contribution in [0.25, 0.3) is 0 Å². The standard InChI is InChI=1S/C9H13NO2.C7H11NO.C7H12O2.3C2H6.CH4.B2.B/c1-2-12-8(11)9(6-7-10)4-3-5-9;9-6-7(2-1-3-7)4-5-8-6;1-2-9-7(8)6-4-3-5-6;3*1-2;;1-2;/h2-6H2,1H3;1-5H2,(H,8,9);6H,2-5H2,1H3;3*1-2H3;1H4;;. The third kappa shape index (κ3) is 15.8. The van der Waals surface area contributed by atoms with Crippen LogP contribution in [-0.2, 0) is 23.9 Å². The summed E-state index contributed by atoms with van der Waals surface area (Å²) in [5.41, 5.74) is -0.315. The van der Waals surface area contributed by atoms with E-state index in [2.05, 4.69) is 20.8 Å². The first kappa shape index (κ1) is 47.9. The molecule has 0 bridgehead atoms. The lowest BCUT2D eigenvalue weighted by molar-refractivity contribution is -0.160. The Morgan fingerprint density at radius 2 is 1.38 bits per heavy atom. The Balaban J connectivity index is -0.000000134. The average Bonchev–Trinajstić information content (AvgIpc) is 3.28. The number of carbonyl (C=O) groups is 3. The van der Waals surface area contributed by atoms with E-state index in [-0.39, 0.29) is 39.1 Å². The van der Waals surface area contributed by atoms with Crippen LogP contribution in [0.4, 0.5) is 0 Å². The van der Waals surface area contributed by atoms with Gasteiger partial charge in [0.2, 0.25) is 5.91 Å². The molecule has 0 unspecified atom stereocenters. The highest BCUT2D eigenvalue weighted by molar-refractivity contribution is 6.75. The van der Waals surface area contributed by atoms with Crippen molar-refractivity contribution in [1.29, 1.82) is 5.26 Å². The van der Waals surface area contributed by atoms with E-state index in [9.17, 15) is 14.4 Å². The molecule has 3 aliphatic carbocycles. The van der Waals surface area contributed by atoms with Crippen molar-refractivity contribution < 1.29 is 23.9 Å². The van der Waals surface area contributed by atoms with Crippen molar-refractivity contribution >= 4 is 41.7 Å². The third-order valence-corrected chi connectivity index (χ3v) is 6.84. The summed E-state index contributed by atoms with van der Waals surface area (Å²) in [6.07, 6.45) is 10.9. The molecule has 7 radical (unpaired) electrons. The number of nitrogens with one attached hydrogen (secondary N) is 1. The quantitative estimate of drug-likeness (QED) is 0.316. The molecule has 1 aliphatic heterocycles. The maximum Gasteiger partial charge on any atom is 0.313 e. The number of nitriles is 1. The van der Waals surface area contributed by atoms with E-state index in [1.54, 1.807) is 6.92 Å². The maximum absolute atomic E-state index is 11.4. The molecule has 4 fully saturated rings. The van der Waals surface area contributed by atoms with Crippen LogP contribution >= 0.6 is 0 Å². The normalized spacial score (nSPS) is 17.2. The van der Waals surface area contributed by atoms with Crippen LogP contribution in [-0.4, -0.2) is 61.5 Å². The molecule has 1 spiro atoms. The van der Waals surface area contributed by atoms with Gasteiger partial charge < -0.3 is 14.8 Å². The fraction of sp³-hybridized carbons (Fsp3) is 0.867. The predicted molar refractivity (Wildman–Crippen MR) is 169 cm³/mol. The first-order valence-electron chi connectivity index (χ1n) is 14.8. The van der Waals surface area contributed by atoms with E-state index in [0.29, 0.717) is 25.5 Å². The summed E-state index contributed by atoms with van der Waals surface area (Å²) in [4.78, 5) is 33.2. The lowest BCUT2D eigenvalue weighted by Crippen LogP contribution is -2.39. The third-order valence-electron chi connectivity index (χ3n) is 6.84. The number of hydrogen-bond donors (Lipinski definition) is 1. The molecule has 0 atom stereocenters. The zero-order valence-electron chi connectivity index (χ0n) is 26.2. The SMILES string of the molecule is C.CC.CC.CC.CCOC(=O)C1(CC#N)CCC1.CCOC(=O)C1CCC1.O=C1NCCC12CCC2.[B].[B][B]. The molecule has 10 heteroatoms. The van der Waals surface area contributed by atoms with Gasteiger partial charge in [-0.2, -0.15) is 5.26 Å². The highest BCUT2D eigenvalue weighted by atomic mass is 16.5. The van der Waals surface area contributed by atoms with Gasteiger partial charge >= 0.3 is 11.9 Å². The molecular weight excluding hydrogens is 501 g/mol. The molecule has 1 N–H and O–H groups in total. The van der Waals surface area contributed by atoms with Gasteiger partial charge in [-0.05, 0) is 58.8 Å². The van der Waals surface area contributed by atoms with Crippen molar-refractivity contribution in [2.24, 2.45) is 16.7 Å². The Labute approximate surface area is 252 Å². The molecule has 1 heterocycles. The number of amides is 1. The van der Waals surface area contributed by atoms with Crippen LogP contribution in [0.1, 0.15) is 133 Å². The van der Waals surface area contributed by atoms with Crippen molar-refractivity contribution in [3.63, 3.8) is 0 Å². The van der Waals surface area contributed by atoms with Crippen LogP contribution in [0.2, 0.25) is 0 Å². The minimum absolute atomic E-state index is 0.